The maximum absolute atomic E-state index is 5.22. The zero-order valence-electron chi connectivity index (χ0n) is 8.07. The maximum atomic E-state index is 5.22. The van der Waals surface area contributed by atoms with Gasteiger partial charge in [0.05, 0.1) is 12.9 Å². The zero-order valence-corrected chi connectivity index (χ0v) is 8.07. The molecule has 0 bridgehead atoms. The lowest BCUT2D eigenvalue weighted by atomic mass is 10.1. The lowest BCUT2D eigenvalue weighted by Crippen LogP contribution is -1.91. The third-order valence-corrected chi connectivity index (χ3v) is 1.80. The molecule has 1 aromatic carbocycles. The molecule has 0 saturated heterocycles. The Kier molecular flexibility index (Phi) is 4.77. The van der Waals surface area contributed by atoms with Gasteiger partial charge in [-0.25, -0.2) is 0 Å². The summed E-state index contributed by atoms with van der Waals surface area (Å²) in [5, 5.41) is 0. The van der Waals surface area contributed by atoms with Crippen molar-refractivity contribution < 1.29 is 4.74 Å². The van der Waals surface area contributed by atoms with Crippen LogP contribution in [0.1, 0.15) is 18.9 Å². The summed E-state index contributed by atoms with van der Waals surface area (Å²) in [6, 6.07) is 10.5. The number of benzene rings is 1. The van der Waals surface area contributed by atoms with E-state index in [4.69, 9.17) is 4.74 Å². The van der Waals surface area contributed by atoms with Crippen molar-refractivity contribution in [3.63, 3.8) is 0 Å². The Morgan fingerprint density at radius 1 is 1.23 bits per heavy atom. The Bertz CT molecular complexity index is 239. The average molecular weight is 176 g/mol. The van der Waals surface area contributed by atoms with E-state index in [-0.39, 0.29) is 0 Å². The highest BCUT2D eigenvalue weighted by Gasteiger charge is 1.90. The minimum atomic E-state index is 0.805. The van der Waals surface area contributed by atoms with Crippen LogP contribution in [0.25, 0.3) is 0 Å². The Balaban J connectivity index is 2.13. The molecule has 0 saturated carbocycles. The summed E-state index contributed by atoms with van der Waals surface area (Å²) in [6.45, 7) is 2.76. The number of hydrogen-bond donors (Lipinski definition) is 0. The van der Waals surface area contributed by atoms with Gasteiger partial charge < -0.3 is 4.74 Å². The second-order valence-corrected chi connectivity index (χ2v) is 2.93. The van der Waals surface area contributed by atoms with E-state index in [2.05, 4.69) is 24.3 Å². The van der Waals surface area contributed by atoms with Gasteiger partial charge in [-0.1, -0.05) is 36.4 Å². The molecule has 0 aromatic heterocycles. The molecule has 0 radical (unpaired) electrons. The molecule has 0 atom stereocenters. The van der Waals surface area contributed by atoms with Crippen LogP contribution in [0.4, 0.5) is 0 Å². The van der Waals surface area contributed by atoms with Crippen LogP contribution in [-0.4, -0.2) is 6.61 Å². The van der Waals surface area contributed by atoms with Gasteiger partial charge in [-0.15, -0.1) is 0 Å². The second kappa shape index (κ2) is 6.30. The molecular weight excluding hydrogens is 160 g/mol. The highest BCUT2D eigenvalue weighted by molar-refractivity contribution is 5.14. The SMILES string of the molecule is C/C=C/OCCCc1ccccc1. The van der Waals surface area contributed by atoms with Crippen LogP contribution in [-0.2, 0) is 11.2 Å². The van der Waals surface area contributed by atoms with E-state index >= 15 is 0 Å². The molecule has 0 fully saturated rings. The predicted octanol–water partition coefficient (Wildman–Crippen LogP) is 3.17. The fraction of sp³-hybridized carbons (Fsp3) is 0.333. The number of aryl methyl sites for hydroxylation is 1. The van der Waals surface area contributed by atoms with Gasteiger partial charge in [-0.2, -0.15) is 0 Å². The van der Waals surface area contributed by atoms with Gasteiger partial charge in [-0.05, 0) is 25.3 Å². The van der Waals surface area contributed by atoms with E-state index < -0.39 is 0 Å². The molecule has 0 aliphatic heterocycles. The molecule has 1 aromatic rings. The van der Waals surface area contributed by atoms with Crippen LogP contribution in [0.5, 0.6) is 0 Å². The van der Waals surface area contributed by atoms with Crippen LogP contribution in [0.2, 0.25) is 0 Å². The molecule has 0 N–H and O–H groups in total. The number of ether oxygens (including phenoxy) is 1. The lowest BCUT2D eigenvalue weighted by molar-refractivity contribution is 0.244. The zero-order chi connectivity index (χ0) is 9.36. The summed E-state index contributed by atoms with van der Waals surface area (Å²) in [6.07, 6.45) is 5.82. The van der Waals surface area contributed by atoms with E-state index in [1.807, 2.05) is 19.1 Å². The van der Waals surface area contributed by atoms with Crippen molar-refractivity contribution in [1.82, 2.24) is 0 Å². The molecule has 13 heavy (non-hydrogen) atoms. The van der Waals surface area contributed by atoms with Crippen molar-refractivity contribution in [1.29, 1.82) is 0 Å². The Morgan fingerprint density at radius 2 is 2.00 bits per heavy atom. The molecule has 0 unspecified atom stereocenters. The molecule has 1 nitrogen and oxygen atoms in total. The molecule has 1 rings (SSSR count). The number of hydrogen-bond acceptors (Lipinski definition) is 1. The smallest absolute Gasteiger partial charge is 0.0876 e. The predicted molar refractivity (Wildman–Crippen MR) is 55.5 cm³/mol. The monoisotopic (exact) mass is 176 g/mol. The highest BCUT2D eigenvalue weighted by atomic mass is 16.5. The van der Waals surface area contributed by atoms with Crippen LogP contribution < -0.4 is 0 Å². The summed E-state index contributed by atoms with van der Waals surface area (Å²) in [4.78, 5) is 0. The van der Waals surface area contributed by atoms with Crippen LogP contribution in [0.3, 0.4) is 0 Å². The van der Waals surface area contributed by atoms with E-state index in [1.165, 1.54) is 5.56 Å². The van der Waals surface area contributed by atoms with E-state index in [9.17, 15) is 0 Å². The fourth-order valence-corrected chi connectivity index (χ4v) is 1.17. The van der Waals surface area contributed by atoms with Crippen molar-refractivity contribution in [2.75, 3.05) is 6.61 Å². The largest absolute Gasteiger partial charge is 0.502 e. The first-order chi connectivity index (χ1) is 6.43. The lowest BCUT2D eigenvalue weighted by Gasteiger charge is -2.00. The molecular formula is C12H16O. The minimum Gasteiger partial charge on any atom is -0.502 e. The second-order valence-electron chi connectivity index (χ2n) is 2.93. The summed E-state index contributed by atoms with van der Waals surface area (Å²) in [5.41, 5.74) is 1.38. The maximum Gasteiger partial charge on any atom is 0.0876 e. The number of allylic oxidation sites excluding steroid dienone is 1. The Morgan fingerprint density at radius 3 is 2.69 bits per heavy atom. The third kappa shape index (κ3) is 4.36. The van der Waals surface area contributed by atoms with Crippen LogP contribution >= 0.6 is 0 Å². The van der Waals surface area contributed by atoms with E-state index in [1.54, 1.807) is 6.26 Å². The molecule has 0 amide bonds. The summed E-state index contributed by atoms with van der Waals surface area (Å²) < 4.78 is 5.22. The van der Waals surface area contributed by atoms with E-state index in [0.717, 1.165) is 19.4 Å². The molecule has 0 aliphatic carbocycles. The first-order valence-electron chi connectivity index (χ1n) is 4.70. The Hall–Kier alpha value is -1.24. The van der Waals surface area contributed by atoms with Crippen molar-refractivity contribution in [2.45, 2.75) is 19.8 Å². The minimum absolute atomic E-state index is 0.805. The first kappa shape index (κ1) is 9.85. The molecule has 1 heteroatoms. The molecule has 0 spiro atoms. The summed E-state index contributed by atoms with van der Waals surface area (Å²) in [5.74, 6) is 0. The third-order valence-electron chi connectivity index (χ3n) is 1.80. The summed E-state index contributed by atoms with van der Waals surface area (Å²) in [7, 11) is 0. The molecule has 70 valence electrons. The summed E-state index contributed by atoms with van der Waals surface area (Å²) >= 11 is 0. The molecule has 0 aliphatic rings. The van der Waals surface area contributed by atoms with Crippen molar-refractivity contribution >= 4 is 0 Å². The van der Waals surface area contributed by atoms with Gasteiger partial charge >= 0.3 is 0 Å². The van der Waals surface area contributed by atoms with Crippen molar-refractivity contribution in [3.05, 3.63) is 48.2 Å². The van der Waals surface area contributed by atoms with Gasteiger partial charge in [0.25, 0.3) is 0 Å². The van der Waals surface area contributed by atoms with Crippen LogP contribution in [0, 0.1) is 0 Å². The van der Waals surface area contributed by atoms with Crippen molar-refractivity contribution in [2.24, 2.45) is 0 Å². The molecule has 0 heterocycles. The van der Waals surface area contributed by atoms with Gasteiger partial charge in [0.15, 0.2) is 0 Å². The number of rotatable bonds is 5. The highest BCUT2D eigenvalue weighted by Crippen LogP contribution is 2.02. The van der Waals surface area contributed by atoms with Gasteiger partial charge in [0, 0.05) is 0 Å². The Labute approximate surface area is 80.0 Å². The standard InChI is InChI=1S/C12H16O/c1-2-10-13-11-6-9-12-7-4-3-5-8-12/h2-5,7-8,10H,6,9,11H2,1H3/b10-2+. The normalized spacial score (nSPS) is 10.5. The van der Waals surface area contributed by atoms with Gasteiger partial charge in [0.2, 0.25) is 0 Å². The van der Waals surface area contributed by atoms with Crippen molar-refractivity contribution in [3.8, 4) is 0 Å². The van der Waals surface area contributed by atoms with Crippen LogP contribution in [0.15, 0.2) is 42.7 Å². The first-order valence-corrected chi connectivity index (χ1v) is 4.70. The van der Waals surface area contributed by atoms with E-state index in [0.29, 0.717) is 0 Å². The topological polar surface area (TPSA) is 9.23 Å². The van der Waals surface area contributed by atoms with Gasteiger partial charge in [-0.3, -0.25) is 0 Å². The van der Waals surface area contributed by atoms with Gasteiger partial charge in [0.1, 0.15) is 0 Å². The average Bonchev–Trinajstić information content (AvgIpc) is 2.19. The fourth-order valence-electron chi connectivity index (χ4n) is 1.17. The quantitative estimate of drug-likeness (QED) is 0.494.